The second-order valence-corrected chi connectivity index (χ2v) is 15.3. The van der Waals surface area contributed by atoms with Gasteiger partial charge in [0.1, 0.15) is 11.2 Å². The topological polar surface area (TPSA) is 93.7 Å². The van der Waals surface area contributed by atoms with E-state index in [2.05, 4.69) is 92.1 Å². The van der Waals surface area contributed by atoms with Crippen molar-refractivity contribution in [1.82, 2.24) is 5.32 Å². The average molecular weight is 759 g/mol. The fourth-order valence-electron chi connectivity index (χ4n) is 7.34. The van der Waals surface area contributed by atoms with Crippen molar-refractivity contribution in [1.29, 1.82) is 0 Å². The Bertz CT molecular complexity index is 2690. The minimum absolute atomic E-state index is 0.236. The number of benzene rings is 7. The van der Waals surface area contributed by atoms with Crippen molar-refractivity contribution in [3.63, 3.8) is 0 Å². The summed E-state index contributed by atoms with van der Waals surface area (Å²) in [4.78, 5) is 26.8. The molecule has 0 atom stereocenters. The van der Waals surface area contributed by atoms with Crippen molar-refractivity contribution >= 4 is 69.2 Å². The SMILES string of the molecule is CCCCc1ccc(NC(=O)c2ccccc2C(=O)NCc2cccc(COp3oc4c(C)cc5ccccc5c4c4c(o3)c(C)cc3ccccc34)c2)cc1. The number of anilines is 1. The first-order chi connectivity index (χ1) is 27.4. The predicted octanol–water partition coefficient (Wildman–Crippen LogP) is 12.4. The summed E-state index contributed by atoms with van der Waals surface area (Å²) < 4.78 is 19.8. The maximum absolute atomic E-state index is 13.5. The van der Waals surface area contributed by atoms with Crippen LogP contribution in [0, 0.1) is 13.8 Å². The number of hydrogen-bond acceptors (Lipinski definition) is 5. The Morgan fingerprint density at radius 1 is 0.625 bits per heavy atom. The molecule has 2 N–H and O–H groups in total. The first kappa shape index (κ1) is 36.8. The lowest BCUT2D eigenvalue weighted by atomic mass is 9.95. The Morgan fingerprint density at radius 3 is 1.82 bits per heavy atom. The Balaban J connectivity index is 1.02. The predicted molar refractivity (Wildman–Crippen MR) is 228 cm³/mol. The van der Waals surface area contributed by atoms with Gasteiger partial charge < -0.3 is 19.0 Å². The van der Waals surface area contributed by atoms with Crippen LogP contribution in [0.15, 0.2) is 142 Å². The minimum Gasteiger partial charge on any atom is -0.399 e. The molecule has 0 radical (unpaired) electrons. The van der Waals surface area contributed by atoms with Crippen LogP contribution >= 0.6 is 8.24 Å². The second kappa shape index (κ2) is 16.3. The van der Waals surface area contributed by atoms with E-state index in [1.54, 1.807) is 24.3 Å². The lowest BCUT2D eigenvalue weighted by molar-refractivity contribution is 0.0938. The molecule has 0 aliphatic heterocycles. The number of amides is 2. The zero-order chi connectivity index (χ0) is 38.6. The highest BCUT2D eigenvalue weighted by molar-refractivity contribution is 7.31. The van der Waals surface area contributed by atoms with Crippen molar-refractivity contribution in [2.24, 2.45) is 0 Å². The van der Waals surface area contributed by atoms with Gasteiger partial charge >= 0.3 is 8.24 Å². The van der Waals surface area contributed by atoms with Gasteiger partial charge in [-0.05, 0) is 112 Å². The molecule has 0 fully saturated rings. The van der Waals surface area contributed by atoms with Crippen molar-refractivity contribution in [2.75, 3.05) is 5.32 Å². The number of rotatable bonds is 11. The normalized spacial score (nSPS) is 11.3. The van der Waals surface area contributed by atoms with Gasteiger partial charge in [-0.25, -0.2) is 0 Å². The van der Waals surface area contributed by atoms with Gasteiger partial charge in [0.2, 0.25) is 0 Å². The number of aryl methyl sites for hydroxylation is 3. The van der Waals surface area contributed by atoms with Crippen LogP contribution in [0.25, 0.3) is 43.5 Å². The van der Waals surface area contributed by atoms with Crippen LogP contribution in [-0.2, 0) is 19.6 Å². The van der Waals surface area contributed by atoms with E-state index in [4.69, 9.17) is 12.9 Å². The monoisotopic (exact) mass is 758 g/mol. The zero-order valence-corrected chi connectivity index (χ0v) is 32.6. The molecular weight excluding hydrogens is 716 g/mol. The maximum Gasteiger partial charge on any atom is 0.387 e. The third-order valence-electron chi connectivity index (χ3n) is 10.2. The second-order valence-electron chi connectivity index (χ2n) is 14.2. The number of carbonyl (C=O) groups is 2. The lowest BCUT2D eigenvalue weighted by Gasteiger charge is -2.12. The van der Waals surface area contributed by atoms with Gasteiger partial charge in [-0.15, -0.1) is 0 Å². The van der Waals surface area contributed by atoms with Gasteiger partial charge in [0.15, 0.2) is 0 Å². The molecule has 0 unspecified atom stereocenters. The van der Waals surface area contributed by atoms with Crippen LogP contribution in [0.4, 0.5) is 5.69 Å². The molecule has 280 valence electrons. The van der Waals surface area contributed by atoms with E-state index in [0.29, 0.717) is 16.8 Å². The molecule has 0 saturated heterocycles. The van der Waals surface area contributed by atoms with Crippen LogP contribution in [0.3, 0.4) is 0 Å². The molecule has 8 rings (SSSR count). The third-order valence-corrected chi connectivity index (χ3v) is 11.2. The maximum atomic E-state index is 13.5. The molecule has 7 aromatic carbocycles. The molecule has 2 amide bonds. The van der Waals surface area contributed by atoms with Crippen LogP contribution in [0.5, 0.6) is 0 Å². The molecule has 56 heavy (non-hydrogen) atoms. The van der Waals surface area contributed by atoms with E-state index in [-0.39, 0.29) is 25.0 Å². The van der Waals surface area contributed by atoms with Crippen LogP contribution in [-0.4, -0.2) is 11.8 Å². The largest absolute Gasteiger partial charge is 0.399 e. The van der Waals surface area contributed by atoms with E-state index in [9.17, 15) is 9.59 Å². The smallest absolute Gasteiger partial charge is 0.387 e. The summed E-state index contributed by atoms with van der Waals surface area (Å²) >= 11 is 0. The molecule has 1 heterocycles. The fraction of sp³-hybridized carbons (Fsp3) is 0.167. The average Bonchev–Trinajstić information content (AvgIpc) is 3.41. The Labute approximate surface area is 326 Å². The highest BCUT2D eigenvalue weighted by Gasteiger charge is 2.19. The standard InChI is InChI=1S/C48H43N2O5P/c1-4-5-13-33-22-24-38(25-23-33)50-48(52)42-21-11-10-20-41(42)47(51)49-29-34-14-12-15-35(28-34)30-53-56-54-45-31(2)26-36-16-6-8-18-39(36)43(45)44-40-19-9-7-17-37(40)27-32(3)46(44)55-56/h6-12,14-28H,4-5,13,29-30H2,1-3H3,(H,49,51)(H,50,52). The molecule has 8 heteroatoms. The van der Waals surface area contributed by atoms with Gasteiger partial charge in [-0.3, -0.25) is 14.1 Å². The first-order valence-electron chi connectivity index (χ1n) is 19.1. The van der Waals surface area contributed by atoms with Crippen LogP contribution in [0.2, 0.25) is 0 Å². The van der Waals surface area contributed by atoms with Crippen molar-refractivity contribution in [2.45, 2.75) is 53.2 Å². The minimum atomic E-state index is -1.84. The third kappa shape index (κ3) is 7.70. The molecular formula is C48H43N2O5P. The quantitative estimate of drug-likeness (QED) is 0.137. The van der Waals surface area contributed by atoms with Gasteiger partial charge in [0, 0.05) is 23.0 Å². The summed E-state index contributed by atoms with van der Waals surface area (Å²) in [5, 5.41) is 12.4. The summed E-state index contributed by atoms with van der Waals surface area (Å²) in [5.74, 6) is -0.669. The number of hydrogen-bond donors (Lipinski definition) is 2. The lowest BCUT2D eigenvalue weighted by Crippen LogP contribution is -2.26. The molecule has 1 aromatic heterocycles. The number of carbonyl (C=O) groups excluding carboxylic acids is 2. The molecule has 0 spiro atoms. The summed E-state index contributed by atoms with van der Waals surface area (Å²) in [6.45, 7) is 6.81. The molecule has 8 aromatic rings. The van der Waals surface area contributed by atoms with Gasteiger partial charge in [-0.2, -0.15) is 0 Å². The summed E-state index contributed by atoms with van der Waals surface area (Å²) in [6.07, 6.45) is 3.26. The highest BCUT2D eigenvalue weighted by Crippen LogP contribution is 2.43. The number of unbranched alkanes of at least 4 members (excludes halogenated alkanes) is 1. The Morgan fingerprint density at radius 2 is 1.20 bits per heavy atom. The van der Waals surface area contributed by atoms with Gasteiger partial charge in [0.05, 0.1) is 17.7 Å². The van der Waals surface area contributed by atoms with Crippen LogP contribution < -0.4 is 15.2 Å². The Kier molecular flexibility index (Phi) is 10.7. The van der Waals surface area contributed by atoms with Gasteiger partial charge in [-0.1, -0.05) is 110 Å². The fourth-order valence-corrected chi connectivity index (χ4v) is 8.50. The molecule has 0 saturated carbocycles. The van der Waals surface area contributed by atoms with E-state index in [1.165, 1.54) is 5.56 Å². The van der Waals surface area contributed by atoms with Crippen molar-refractivity contribution in [3.8, 4) is 0 Å². The van der Waals surface area contributed by atoms with Crippen molar-refractivity contribution in [3.05, 3.63) is 172 Å². The van der Waals surface area contributed by atoms with Crippen LogP contribution in [0.1, 0.15) is 68.3 Å². The first-order valence-corrected chi connectivity index (χ1v) is 20.1. The molecule has 7 nitrogen and oxygen atoms in total. The molecule has 0 aliphatic rings. The highest BCUT2D eigenvalue weighted by atomic mass is 31.1. The summed E-state index contributed by atoms with van der Waals surface area (Å²) in [7, 11) is -1.84. The zero-order valence-electron chi connectivity index (χ0n) is 31.7. The van der Waals surface area contributed by atoms with Crippen molar-refractivity contribution < 1.29 is 22.5 Å². The van der Waals surface area contributed by atoms with E-state index in [0.717, 1.165) is 85.0 Å². The Hall–Kier alpha value is -6.14. The van der Waals surface area contributed by atoms with Gasteiger partial charge in [0.25, 0.3) is 11.8 Å². The van der Waals surface area contributed by atoms with E-state index < -0.39 is 8.24 Å². The number of nitrogens with one attached hydrogen (secondary N) is 2. The molecule has 0 bridgehead atoms. The summed E-state index contributed by atoms with van der Waals surface area (Å²) in [5.41, 5.74) is 7.86. The van der Waals surface area contributed by atoms with E-state index in [1.807, 2.05) is 48.5 Å². The van der Waals surface area contributed by atoms with E-state index >= 15 is 0 Å². The summed E-state index contributed by atoms with van der Waals surface area (Å²) in [6, 6.07) is 43.7. The number of fused-ring (bicyclic) bond motifs is 7. The molecule has 0 aliphatic carbocycles.